The smallest absolute Gasteiger partial charge is 0.168 e. The molecule has 1 aromatic heterocycles. The van der Waals surface area contributed by atoms with E-state index in [0.717, 1.165) is 31.4 Å². The van der Waals surface area contributed by atoms with E-state index in [-0.39, 0.29) is 5.54 Å². The van der Waals surface area contributed by atoms with Crippen LogP contribution in [0, 0.1) is 0 Å². The third-order valence-electron chi connectivity index (χ3n) is 6.14. The molecule has 26 heavy (non-hydrogen) atoms. The monoisotopic (exact) mass is 362 g/mol. The summed E-state index contributed by atoms with van der Waals surface area (Å²) in [6.45, 7) is 13.5. The summed E-state index contributed by atoms with van der Waals surface area (Å²) in [6.07, 6.45) is 10.7. The van der Waals surface area contributed by atoms with E-state index in [0.29, 0.717) is 6.04 Å². The third-order valence-corrected chi connectivity index (χ3v) is 6.14. The minimum absolute atomic E-state index is 0.0762. The maximum absolute atomic E-state index is 4.47. The molecular weight excluding hydrogens is 324 g/mol. The molecule has 2 fully saturated rings. The molecule has 148 valence electrons. The summed E-state index contributed by atoms with van der Waals surface area (Å²) in [6, 6.07) is 1.18. The molecule has 1 aliphatic heterocycles. The first-order valence-corrected chi connectivity index (χ1v) is 10.8. The van der Waals surface area contributed by atoms with Crippen LogP contribution in [0.3, 0.4) is 0 Å². The zero-order chi connectivity index (χ0) is 18.6. The Kier molecular flexibility index (Phi) is 6.67. The number of piperazine rings is 1. The molecule has 1 saturated carbocycles. The van der Waals surface area contributed by atoms with Crippen molar-refractivity contribution in [2.45, 2.75) is 96.7 Å². The molecular formula is C20H38N6. The van der Waals surface area contributed by atoms with Crippen LogP contribution in [0.25, 0.3) is 0 Å². The summed E-state index contributed by atoms with van der Waals surface area (Å²) in [5.74, 6) is 1.05. The van der Waals surface area contributed by atoms with Crippen LogP contribution in [-0.4, -0.2) is 62.2 Å². The number of nitrogens with zero attached hydrogens (tertiary/aromatic N) is 6. The van der Waals surface area contributed by atoms with Crippen molar-refractivity contribution in [2.75, 3.05) is 26.2 Å². The second kappa shape index (κ2) is 8.79. The van der Waals surface area contributed by atoms with Crippen LogP contribution in [0.2, 0.25) is 0 Å². The molecule has 6 heteroatoms. The fraction of sp³-hybridized carbons (Fsp3) is 0.950. The molecule has 1 aliphatic carbocycles. The predicted octanol–water partition coefficient (Wildman–Crippen LogP) is 3.61. The van der Waals surface area contributed by atoms with Gasteiger partial charge in [0, 0.05) is 32.2 Å². The van der Waals surface area contributed by atoms with Crippen molar-refractivity contribution in [3.63, 3.8) is 0 Å². The van der Waals surface area contributed by atoms with Crippen LogP contribution >= 0.6 is 0 Å². The lowest BCUT2D eigenvalue weighted by Crippen LogP contribution is -2.52. The molecule has 0 amide bonds. The summed E-state index contributed by atoms with van der Waals surface area (Å²) in [7, 11) is 0. The van der Waals surface area contributed by atoms with Gasteiger partial charge in [-0.1, -0.05) is 39.0 Å². The van der Waals surface area contributed by atoms with Crippen LogP contribution in [0.1, 0.15) is 90.9 Å². The van der Waals surface area contributed by atoms with Crippen LogP contribution in [0.4, 0.5) is 0 Å². The molecule has 1 aromatic rings. The molecule has 0 bridgehead atoms. The van der Waals surface area contributed by atoms with Gasteiger partial charge in [0.05, 0.1) is 11.6 Å². The molecule has 3 rings (SSSR count). The average molecular weight is 363 g/mol. The van der Waals surface area contributed by atoms with Crippen LogP contribution < -0.4 is 0 Å². The van der Waals surface area contributed by atoms with E-state index in [1.165, 1.54) is 58.0 Å². The topological polar surface area (TPSA) is 50.1 Å². The van der Waals surface area contributed by atoms with Gasteiger partial charge in [-0.05, 0) is 50.5 Å². The zero-order valence-electron chi connectivity index (χ0n) is 17.3. The highest BCUT2D eigenvalue weighted by Crippen LogP contribution is 2.30. The molecule has 1 saturated heterocycles. The normalized spacial score (nSPS) is 22.6. The number of unbranched alkanes of at least 4 members (excludes halogenated alkanes) is 1. The van der Waals surface area contributed by atoms with Crippen molar-refractivity contribution in [1.29, 1.82) is 0 Å². The predicted molar refractivity (Wildman–Crippen MR) is 105 cm³/mol. The van der Waals surface area contributed by atoms with E-state index in [4.69, 9.17) is 0 Å². The number of rotatable bonds is 6. The van der Waals surface area contributed by atoms with Gasteiger partial charge in [-0.2, -0.15) is 0 Å². The van der Waals surface area contributed by atoms with Gasteiger partial charge >= 0.3 is 0 Å². The lowest BCUT2D eigenvalue weighted by molar-refractivity contribution is 0.0483. The average Bonchev–Trinajstić information content (AvgIpc) is 3.13. The van der Waals surface area contributed by atoms with Crippen LogP contribution in [-0.2, 0) is 5.54 Å². The SMILES string of the molecule is CCCC[C@@H](c1nnnn1C(C)(C)C)N1CCN(C2CCCCC2)CC1. The van der Waals surface area contributed by atoms with Gasteiger partial charge in [0.1, 0.15) is 0 Å². The maximum Gasteiger partial charge on any atom is 0.168 e. The van der Waals surface area contributed by atoms with Crippen LogP contribution in [0.5, 0.6) is 0 Å². The van der Waals surface area contributed by atoms with Crippen molar-refractivity contribution in [3.8, 4) is 0 Å². The lowest BCUT2D eigenvalue weighted by Gasteiger charge is -2.43. The third kappa shape index (κ3) is 4.63. The second-order valence-electron chi connectivity index (χ2n) is 9.14. The molecule has 6 nitrogen and oxygen atoms in total. The Bertz CT molecular complexity index is 535. The second-order valence-corrected chi connectivity index (χ2v) is 9.14. The molecule has 2 aliphatic rings. The van der Waals surface area contributed by atoms with E-state index in [1.54, 1.807) is 0 Å². The zero-order valence-corrected chi connectivity index (χ0v) is 17.3. The Labute approximate surface area is 159 Å². The molecule has 0 aromatic carbocycles. The van der Waals surface area contributed by atoms with E-state index in [2.05, 4.69) is 53.0 Å². The Morgan fingerprint density at radius 2 is 1.73 bits per heavy atom. The highest BCUT2D eigenvalue weighted by atomic mass is 15.6. The summed E-state index contributed by atoms with van der Waals surface area (Å²) in [5, 5.41) is 12.8. The van der Waals surface area contributed by atoms with Gasteiger partial charge in [-0.3, -0.25) is 9.80 Å². The number of aromatic nitrogens is 4. The molecule has 0 N–H and O–H groups in total. The van der Waals surface area contributed by atoms with Gasteiger partial charge in [0.2, 0.25) is 0 Å². The Morgan fingerprint density at radius 3 is 2.35 bits per heavy atom. The van der Waals surface area contributed by atoms with Gasteiger partial charge in [0.25, 0.3) is 0 Å². The summed E-state index contributed by atoms with van der Waals surface area (Å²) >= 11 is 0. The van der Waals surface area contributed by atoms with Gasteiger partial charge in [-0.25, -0.2) is 4.68 Å². The maximum atomic E-state index is 4.47. The Balaban J connectivity index is 1.68. The lowest BCUT2D eigenvalue weighted by atomic mass is 9.93. The van der Waals surface area contributed by atoms with E-state index in [9.17, 15) is 0 Å². The van der Waals surface area contributed by atoms with E-state index in [1.807, 2.05) is 4.68 Å². The Hall–Kier alpha value is -1.01. The number of hydrogen-bond acceptors (Lipinski definition) is 5. The number of hydrogen-bond donors (Lipinski definition) is 0. The molecule has 2 heterocycles. The van der Waals surface area contributed by atoms with E-state index < -0.39 is 0 Å². The highest BCUT2D eigenvalue weighted by Gasteiger charge is 2.33. The van der Waals surface area contributed by atoms with E-state index >= 15 is 0 Å². The summed E-state index contributed by atoms with van der Waals surface area (Å²) < 4.78 is 2.04. The van der Waals surface area contributed by atoms with Crippen LogP contribution in [0.15, 0.2) is 0 Å². The summed E-state index contributed by atoms with van der Waals surface area (Å²) in [4.78, 5) is 5.39. The first kappa shape index (κ1) is 19.7. The fourth-order valence-electron chi connectivity index (χ4n) is 4.61. The minimum atomic E-state index is -0.0762. The fourth-order valence-corrected chi connectivity index (χ4v) is 4.61. The molecule has 0 spiro atoms. The minimum Gasteiger partial charge on any atom is -0.298 e. The van der Waals surface area contributed by atoms with Crippen molar-refractivity contribution >= 4 is 0 Å². The van der Waals surface area contributed by atoms with Gasteiger partial charge < -0.3 is 0 Å². The Morgan fingerprint density at radius 1 is 1.04 bits per heavy atom. The standard InChI is InChI=1S/C20H38N6/c1-5-6-12-18(19-21-22-23-26(19)20(2,3)4)25-15-13-24(14-16-25)17-10-8-7-9-11-17/h17-18H,5-16H2,1-4H3/t18-/m0/s1. The highest BCUT2D eigenvalue weighted by molar-refractivity contribution is 4.98. The van der Waals surface area contributed by atoms with Crippen molar-refractivity contribution < 1.29 is 0 Å². The van der Waals surface area contributed by atoms with Gasteiger partial charge in [-0.15, -0.1) is 5.10 Å². The molecule has 0 unspecified atom stereocenters. The van der Waals surface area contributed by atoms with Gasteiger partial charge in [0.15, 0.2) is 5.82 Å². The first-order valence-electron chi connectivity index (χ1n) is 10.8. The van der Waals surface area contributed by atoms with Crippen molar-refractivity contribution in [2.24, 2.45) is 0 Å². The first-order chi connectivity index (χ1) is 12.5. The number of tetrazole rings is 1. The quantitative estimate of drug-likeness (QED) is 0.774. The molecule has 0 radical (unpaired) electrons. The summed E-state index contributed by atoms with van der Waals surface area (Å²) in [5.41, 5.74) is -0.0762. The van der Waals surface area contributed by atoms with Crippen molar-refractivity contribution in [3.05, 3.63) is 5.82 Å². The molecule has 1 atom stereocenters. The van der Waals surface area contributed by atoms with Crippen molar-refractivity contribution in [1.82, 2.24) is 30.0 Å². The largest absolute Gasteiger partial charge is 0.298 e.